The first-order valence-electron chi connectivity index (χ1n) is 7.43. The van der Waals surface area contributed by atoms with Crippen LogP contribution in [0.4, 0.5) is 0 Å². The predicted molar refractivity (Wildman–Crippen MR) is 79.1 cm³/mol. The second-order valence-electron chi connectivity index (χ2n) is 5.66. The number of carbonyl (C=O) groups is 1. The Morgan fingerprint density at radius 1 is 1.45 bits per heavy atom. The van der Waals surface area contributed by atoms with E-state index >= 15 is 0 Å². The zero-order chi connectivity index (χ0) is 13.9. The smallest absolute Gasteiger partial charge is 0.151 e. The van der Waals surface area contributed by atoms with E-state index in [4.69, 9.17) is 0 Å². The van der Waals surface area contributed by atoms with Crippen molar-refractivity contribution in [1.82, 2.24) is 14.3 Å². The Hall–Kier alpha value is -1.68. The highest BCUT2D eigenvalue weighted by Crippen LogP contribution is 2.21. The maximum atomic E-state index is 10.9. The lowest BCUT2D eigenvalue weighted by Gasteiger charge is -2.31. The molecular weight excluding hydrogens is 250 g/mol. The van der Waals surface area contributed by atoms with E-state index in [1.54, 1.807) is 0 Å². The molecule has 3 heterocycles. The zero-order valence-corrected chi connectivity index (χ0v) is 12.0. The summed E-state index contributed by atoms with van der Waals surface area (Å²) in [7, 11) is 0. The molecule has 0 amide bonds. The minimum atomic E-state index is 0.675. The molecule has 106 valence electrons. The number of likely N-dealkylation sites (tertiary alicyclic amines) is 1. The van der Waals surface area contributed by atoms with Crippen LogP contribution in [0.15, 0.2) is 24.5 Å². The Kier molecular flexibility index (Phi) is 3.83. The Bertz CT molecular complexity index is 605. The highest BCUT2D eigenvalue weighted by atomic mass is 16.1. The second-order valence-corrected chi connectivity index (χ2v) is 5.66. The number of aldehydes is 1. The van der Waals surface area contributed by atoms with Crippen LogP contribution in [-0.4, -0.2) is 40.2 Å². The quantitative estimate of drug-likeness (QED) is 0.801. The van der Waals surface area contributed by atoms with Gasteiger partial charge in [0.25, 0.3) is 0 Å². The van der Waals surface area contributed by atoms with Crippen LogP contribution >= 0.6 is 0 Å². The van der Waals surface area contributed by atoms with Crippen molar-refractivity contribution in [2.45, 2.75) is 26.2 Å². The summed E-state index contributed by atoms with van der Waals surface area (Å²) >= 11 is 0. The van der Waals surface area contributed by atoms with Gasteiger partial charge in [-0.05, 0) is 44.0 Å². The molecule has 0 radical (unpaired) electrons. The second kappa shape index (κ2) is 5.75. The van der Waals surface area contributed by atoms with Crippen molar-refractivity contribution in [2.24, 2.45) is 5.92 Å². The number of imidazole rings is 1. The van der Waals surface area contributed by atoms with Crippen LogP contribution in [0, 0.1) is 5.92 Å². The van der Waals surface area contributed by atoms with E-state index < -0.39 is 0 Å². The van der Waals surface area contributed by atoms with Gasteiger partial charge in [-0.25, -0.2) is 4.98 Å². The minimum absolute atomic E-state index is 0.675. The fourth-order valence-corrected chi connectivity index (χ4v) is 3.14. The van der Waals surface area contributed by atoms with Gasteiger partial charge in [0.05, 0.1) is 11.7 Å². The molecule has 20 heavy (non-hydrogen) atoms. The summed E-state index contributed by atoms with van der Waals surface area (Å²) in [5, 5.41) is 0. The molecule has 2 aromatic heterocycles. The van der Waals surface area contributed by atoms with Crippen molar-refractivity contribution in [1.29, 1.82) is 0 Å². The first-order chi connectivity index (χ1) is 9.80. The summed E-state index contributed by atoms with van der Waals surface area (Å²) in [6, 6.07) is 3.80. The summed E-state index contributed by atoms with van der Waals surface area (Å²) < 4.78 is 2.06. The highest BCUT2D eigenvalue weighted by Gasteiger charge is 2.20. The van der Waals surface area contributed by atoms with Crippen molar-refractivity contribution in [3.8, 4) is 0 Å². The number of piperidine rings is 1. The van der Waals surface area contributed by atoms with Crippen LogP contribution in [0.1, 0.15) is 35.9 Å². The normalized spacial score (nSPS) is 20.4. The minimum Gasteiger partial charge on any atom is -0.303 e. The fraction of sp³-hybridized carbons (Fsp3) is 0.500. The molecule has 0 spiro atoms. The Morgan fingerprint density at radius 3 is 3.15 bits per heavy atom. The van der Waals surface area contributed by atoms with Crippen LogP contribution in [0.3, 0.4) is 0 Å². The standard InChI is InChI=1S/C16H21N3O/c1-2-18-7-3-4-13(10-18)8-16-17-9-15-6-5-14(12-20)11-19(15)16/h5-6,9,11-13H,2-4,7-8,10H2,1H3. The van der Waals surface area contributed by atoms with Crippen molar-refractivity contribution < 1.29 is 4.79 Å². The average molecular weight is 271 g/mol. The van der Waals surface area contributed by atoms with E-state index in [9.17, 15) is 4.79 Å². The van der Waals surface area contributed by atoms with Crippen molar-refractivity contribution in [3.63, 3.8) is 0 Å². The van der Waals surface area contributed by atoms with Gasteiger partial charge in [0.2, 0.25) is 0 Å². The molecule has 0 aromatic carbocycles. The number of hydrogen-bond acceptors (Lipinski definition) is 3. The number of rotatable bonds is 4. The van der Waals surface area contributed by atoms with E-state index in [1.165, 1.54) is 25.9 Å². The molecule has 1 unspecified atom stereocenters. The molecule has 4 nitrogen and oxygen atoms in total. The Labute approximate surface area is 119 Å². The fourth-order valence-electron chi connectivity index (χ4n) is 3.14. The summed E-state index contributed by atoms with van der Waals surface area (Å²) in [4.78, 5) is 18.0. The molecule has 0 N–H and O–H groups in total. The van der Waals surface area contributed by atoms with Gasteiger partial charge in [0.15, 0.2) is 6.29 Å². The van der Waals surface area contributed by atoms with Crippen molar-refractivity contribution in [3.05, 3.63) is 35.9 Å². The van der Waals surface area contributed by atoms with E-state index in [-0.39, 0.29) is 0 Å². The third-order valence-electron chi connectivity index (χ3n) is 4.28. The van der Waals surface area contributed by atoms with Crippen molar-refractivity contribution >= 4 is 11.8 Å². The number of fused-ring (bicyclic) bond motifs is 1. The number of pyridine rings is 1. The Balaban J connectivity index is 1.81. The van der Waals surface area contributed by atoms with Gasteiger partial charge in [-0.1, -0.05) is 6.92 Å². The van der Waals surface area contributed by atoms with Crippen LogP contribution in [0.25, 0.3) is 5.52 Å². The summed E-state index contributed by atoms with van der Waals surface area (Å²) in [6.45, 7) is 5.75. The van der Waals surface area contributed by atoms with Gasteiger partial charge >= 0.3 is 0 Å². The number of aromatic nitrogens is 2. The van der Waals surface area contributed by atoms with E-state index in [1.807, 2.05) is 24.5 Å². The zero-order valence-electron chi connectivity index (χ0n) is 12.0. The molecule has 3 rings (SSSR count). The first-order valence-corrected chi connectivity index (χ1v) is 7.43. The molecule has 1 aliphatic heterocycles. The van der Waals surface area contributed by atoms with Crippen LogP contribution in [0.5, 0.6) is 0 Å². The van der Waals surface area contributed by atoms with Gasteiger partial charge in [0, 0.05) is 24.7 Å². The summed E-state index contributed by atoms with van der Waals surface area (Å²) in [5.74, 6) is 1.75. The van der Waals surface area contributed by atoms with Crippen molar-refractivity contribution in [2.75, 3.05) is 19.6 Å². The molecule has 0 bridgehead atoms. The van der Waals surface area contributed by atoms with Gasteiger partial charge in [0.1, 0.15) is 5.82 Å². The lowest BCUT2D eigenvalue weighted by Crippen LogP contribution is -2.36. The predicted octanol–water partition coefficient (Wildman–Crippen LogP) is 2.42. The average Bonchev–Trinajstić information content (AvgIpc) is 2.89. The van der Waals surface area contributed by atoms with E-state index in [0.29, 0.717) is 11.5 Å². The number of nitrogens with zero attached hydrogens (tertiary/aromatic N) is 3. The largest absolute Gasteiger partial charge is 0.303 e. The molecule has 1 atom stereocenters. The molecule has 1 saturated heterocycles. The first kappa shape index (κ1) is 13.3. The SMILES string of the molecule is CCN1CCCC(Cc2ncc3ccc(C=O)cn23)C1. The molecule has 1 aliphatic rings. The number of carbonyl (C=O) groups excluding carboxylic acids is 1. The lowest BCUT2D eigenvalue weighted by molar-refractivity contribution is 0.112. The topological polar surface area (TPSA) is 37.6 Å². The molecule has 0 saturated carbocycles. The van der Waals surface area contributed by atoms with Gasteiger partial charge in [-0.15, -0.1) is 0 Å². The third-order valence-corrected chi connectivity index (χ3v) is 4.28. The van der Waals surface area contributed by atoms with Crippen LogP contribution in [0.2, 0.25) is 0 Å². The highest BCUT2D eigenvalue weighted by molar-refractivity contribution is 5.75. The maximum absolute atomic E-state index is 10.9. The van der Waals surface area contributed by atoms with E-state index in [2.05, 4.69) is 21.2 Å². The summed E-state index contributed by atoms with van der Waals surface area (Å²) in [6.07, 6.45) is 8.23. The molecule has 1 fully saturated rings. The molecule has 0 aliphatic carbocycles. The Morgan fingerprint density at radius 2 is 2.35 bits per heavy atom. The van der Waals surface area contributed by atoms with Gasteiger partial charge in [-0.2, -0.15) is 0 Å². The maximum Gasteiger partial charge on any atom is 0.151 e. The molecular formula is C16H21N3O. The molecule has 4 heteroatoms. The third kappa shape index (κ3) is 2.61. The number of hydrogen-bond donors (Lipinski definition) is 0. The van der Waals surface area contributed by atoms with Gasteiger partial charge in [-0.3, -0.25) is 4.79 Å². The van der Waals surface area contributed by atoms with Crippen LogP contribution < -0.4 is 0 Å². The monoisotopic (exact) mass is 271 g/mol. The molecule has 2 aromatic rings. The lowest BCUT2D eigenvalue weighted by atomic mass is 9.94. The van der Waals surface area contributed by atoms with Gasteiger partial charge < -0.3 is 9.30 Å². The van der Waals surface area contributed by atoms with E-state index in [0.717, 1.165) is 30.6 Å². The summed E-state index contributed by atoms with van der Waals surface area (Å²) in [5.41, 5.74) is 1.77. The van der Waals surface area contributed by atoms with Crippen LogP contribution in [-0.2, 0) is 6.42 Å².